The monoisotopic (exact) mass is 296 g/mol. The Hall–Kier alpha value is -2.82. The van der Waals surface area contributed by atoms with Crippen LogP contribution < -0.4 is 10.6 Å². The highest BCUT2D eigenvalue weighted by atomic mass is 16.3. The van der Waals surface area contributed by atoms with Crippen LogP contribution in [0, 0.1) is 6.92 Å². The first-order valence-corrected chi connectivity index (χ1v) is 7.01. The number of anilines is 1. The van der Waals surface area contributed by atoms with Gasteiger partial charge in [-0.1, -0.05) is 18.2 Å². The van der Waals surface area contributed by atoms with Crippen molar-refractivity contribution < 1.29 is 14.0 Å². The number of hydrogen-bond acceptors (Lipinski definition) is 3. The number of para-hydroxylation sites is 1. The highest BCUT2D eigenvalue weighted by Gasteiger charge is 2.36. The van der Waals surface area contributed by atoms with E-state index in [4.69, 9.17) is 10.2 Å². The number of nitrogens with two attached hydrogens (primary N) is 1. The number of amides is 2. The van der Waals surface area contributed by atoms with Gasteiger partial charge in [-0.3, -0.25) is 14.5 Å². The first kappa shape index (κ1) is 14.1. The summed E-state index contributed by atoms with van der Waals surface area (Å²) in [5.41, 5.74) is 7.12. The summed E-state index contributed by atoms with van der Waals surface area (Å²) in [7, 11) is 0. The number of carbonyl (C=O) groups excluding carboxylic acids is 2. The Morgan fingerprint density at radius 2 is 2.05 bits per heavy atom. The number of carbonyl (C=O) groups is 2. The third-order valence-electron chi connectivity index (χ3n) is 3.69. The maximum absolute atomic E-state index is 12.5. The topological polar surface area (TPSA) is 76.5 Å². The summed E-state index contributed by atoms with van der Waals surface area (Å²) in [6.45, 7) is 1.83. The third-order valence-corrected chi connectivity index (χ3v) is 3.69. The lowest BCUT2D eigenvalue weighted by Crippen LogP contribution is -2.45. The number of aryl methyl sites for hydroxylation is 1. The van der Waals surface area contributed by atoms with Gasteiger partial charge in [0.25, 0.3) is 5.91 Å². The van der Waals surface area contributed by atoms with E-state index in [9.17, 15) is 9.59 Å². The van der Waals surface area contributed by atoms with Crippen LogP contribution in [0.15, 0.2) is 46.9 Å². The van der Waals surface area contributed by atoms with E-state index in [0.29, 0.717) is 12.2 Å². The maximum Gasteiger partial charge on any atom is 0.251 e. The summed E-state index contributed by atoms with van der Waals surface area (Å²) in [5, 5.41) is 0. The summed E-state index contributed by atoms with van der Waals surface area (Å²) in [4.78, 5) is 25.6. The molecule has 0 radical (unpaired) electrons. The lowest BCUT2D eigenvalue weighted by atomic mass is 10.1. The van der Waals surface area contributed by atoms with Gasteiger partial charge in [-0.05, 0) is 36.8 Å². The fraction of sp³-hybridized carbons (Fsp3) is 0.176. The molecular formula is C17H16N2O3. The molecular weight excluding hydrogens is 280 g/mol. The highest BCUT2D eigenvalue weighted by molar-refractivity contribution is 6.09. The van der Waals surface area contributed by atoms with Crippen molar-refractivity contribution >= 4 is 23.6 Å². The fourth-order valence-electron chi connectivity index (χ4n) is 2.66. The predicted octanol–water partition coefficient (Wildman–Crippen LogP) is 2.04. The second-order valence-electron chi connectivity index (χ2n) is 5.24. The van der Waals surface area contributed by atoms with Gasteiger partial charge in [0.2, 0.25) is 5.91 Å². The van der Waals surface area contributed by atoms with Crippen molar-refractivity contribution in [3.8, 4) is 0 Å². The molecule has 0 unspecified atom stereocenters. The largest absolute Gasteiger partial charge is 0.462 e. The van der Waals surface area contributed by atoms with E-state index >= 15 is 0 Å². The zero-order valence-electron chi connectivity index (χ0n) is 12.2. The third kappa shape index (κ3) is 2.53. The van der Waals surface area contributed by atoms with Crippen LogP contribution in [-0.2, 0) is 16.0 Å². The van der Waals surface area contributed by atoms with E-state index in [2.05, 4.69) is 0 Å². The van der Waals surface area contributed by atoms with Crippen LogP contribution in [0.1, 0.15) is 17.1 Å². The van der Waals surface area contributed by atoms with Gasteiger partial charge >= 0.3 is 0 Å². The second-order valence-corrected chi connectivity index (χ2v) is 5.24. The molecule has 22 heavy (non-hydrogen) atoms. The Morgan fingerprint density at radius 3 is 2.73 bits per heavy atom. The van der Waals surface area contributed by atoms with Crippen LogP contribution in [0.25, 0.3) is 6.08 Å². The molecule has 2 N–H and O–H groups in total. The normalized spacial score (nSPS) is 17.0. The molecule has 0 spiro atoms. The average molecular weight is 296 g/mol. The molecule has 1 aromatic carbocycles. The zero-order valence-corrected chi connectivity index (χ0v) is 12.2. The van der Waals surface area contributed by atoms with Crippen LogP contribution in [0.4, 0.5) is 5.69 Å². The lowest BCUT2D eigenvalue weighted by Gasteiger charge is -2.21. The van der Waals surface area contributed by atoms with Crippen molar-refractivity contribution in [2.75, 3.05) is 4.90 Å². The van der Waals surface area contributed by atoms with Gasteiger partial charge in [0.05, 0.1) is 0 Å². The van der Waals surface area contributed by atoms with E-state index in [1.807, 2.05) is 37.3 Å². The minimum absolute atomic E-state index is 0.289. The van der Waals surface area contributed by atoms with Crippen molar-refractivity contribution in [3.63, 3.8) is 0 Å². The molecule has 0 bridgehead atoms. The van der Waals surface area contributed by atoms with E-state index < -0.39 is 11.9 Å². The molecule has 0 saturated carbocycles. The average Bonchev–Trinajstić information content (AvgIpc) is 3.08. The molecule has 1 atom stereocenters. The molecule has 1 aliphatic heterocycles. The van der Waals surface area contributed by atoms with E-state index in [1.165, 1.54) is 11.0 Å². The minimum atomic E-state index is -0.645. The van der Waals surface area contributed by atoms with Crippen molar-refractivity contribution in [2.45, 2.75) is 19.4 Å². The van der Waals surface area contributed by atoms with Gasteiger partial charge in [0, 0.05) is 18.2 Å². The van der Waals surface area contributed by atoms with Gasteiger partial charge in [-0.25, -0.2) is 0 Å². The SMILES string of the molecule is Cc1ccc(/C=C\C(=O)N2c3ccccc3C[C@H]2C(N)=O)o1. The number of primary amides is 1. The lowest BCUT2D eigenvalue weighted by molar-refractivity contribution is -0.122. The molecule has 5 nitrogen and oxygen atoms in total. The molecule has 3 rings (SSSR count). The van der Waals surface area contributed by atoms with Crippen LogP contribution in [0.5, 0.6) is 0 Å². The van der Waals surface area contributed by atoms with Crippen molar-refractivity contribution in [1.82, 2.24) is 0 Å². The zero-order chi connectivity index (χ0) is 15.7. The number of furan rings is 1. The maximum atomic E-state index is 12.5. The van der Waals surface area contributed by atoms with Crippen molar-refractivity contribution in [3.05, 3.63) is 59.6 Å². The summed E-state index contributed by atoms with van der Waals surface area (Å²) in [6, 6.07) is 10.4. The summed E-state index contributed by atoms with van der Waals surface area (Å²) < 4.78 is 5.39. The first-order chi connectivity index (χ1) is 10.6. The van der Waals surface area contributed by atoms with Gasteiger partial charge in [0.1, 0.15) is 17.6 Å². The number of benzene rings is 1. The molecule has 2 amide bonds. The Balaban J connectivity index is 1.89. The predicted molar refractivity (Wildman–Crippen MR) is 83.1 cm³/mol. The van der Waals surface area contributed by atoms with Crippen molar-refractivity contribution in [2.24, 2.45) is 5.73 Å². The number of hydrogen-bond donors (Lipinski definition) is 1. The second kappa shape index (κ2) is 5.52. The fourth-order valence-corrected chi connectivity index (χ4v) is 2.66. The van der Waals surface area contributed by atoms with Gasteiger partial charge < -0.3 is 10.2 Å². The minimum Gasteiger partial charge on any atom is -0.462 e. The Morgan fingerprint density at radius 1 is 1.27 bits per heavy atom. The van der Waals surface area contributed by atoms with E-state index in [1.54, 1.807) is 12.1 Å². The summed E-state index contributed by atoms with van der Waals surface area (Å²) >= 11 is 0. The number of fused-ring (bicyclic) bond motifs is 1. The smallest absolute Gasteiger partial charge is 0.251 e. The molecule has 112 valence electrons. The van der Waals surface area contributed by atoms with Crippen LogP contribution in [0.2, 0.25) is 0 Å². The van der Waals surface area contributed by atoms with Gasteiger partial charge in [-0.2, -0.15) is 0 Å². The van der Waals surface area contributed by atoms with Gasteiger partial charge in [0.15, 0.2) is 0 Å². The first-order valence-electron chi connectivity index (χ1n) is 7.01. The molecule has 5 heteroatoms. The van der Waals surface area contributed by atoms with Crippen LogP contribution >= 0.6 is 0 Å². The number of nitrogens with zero attached hydrogens (tertiary/aromatic N) is 1. The Labute approximate surface area is 128 Å². The quantitative estimate of drug-likeness (QED) is 0.881. The Bertz CT molecular complexity index is 761. The molecule has 1 aromatic heterocycles. The highest BCUT2D eigenvalue weighted by Crippen LogP contribution is 2.32. The van der Waals surface area contributed by atoms with Gasteiger partial charge in [-0.15, -0.1) is 0 Å². The molecule has 0 saturated heterocycles. The summed E-state index contributed by atoms with van der Waals surface area (Å²) in [5.74, 6) is 0.567. The van der Waals surface area contributed by atoms with Crippen LogP contribution in [0.3, 0.4) is 0 Å². The van der Waals surface area contributed by atoms with E-state index in [-0.39, 0.29) is 5.91 Å². The molecule has 1 aliphatic rings. The van der Waals surface area contributed by atoms with Crippen molar-refractivity contribution in [1.29, 1.82) is 0 Å². The van der Waals surface area contributed by atoms with E-state index in [0.717, 1.165) is 17.0 Å². The molecule has 2 aromatic rings. The molecule has 0 fully saturated rings. The molecule has 2 heterocycles. The summed E-state index contributed by atoms with van der Waals surface area (Å²) in [6.07, 6.45) is 3.44. The standard InChI is InChI=1S/C17H16N2O3/c1-11-6-7-13(22-11)8-9-16(20)19-14-5-3-2-4-12(14)10-15(19)17(18)21/h2-9,15H,10H2,1H3,(H2,18,21)/b9-8-/t15-/m0/s1. The molecule has 0 aliphatic carbocycles. The van der Waals surface area contributed by atoms with Crippen LogP contribution in [-0.4, -0.2) is 17.9 Å². The number of rotatable bonds is 3. The Kier molecular flexibility index (Phi) is 3.55.